The predicted octanol–water partition coefficient (Wildman–Crippen LogP) is 2.35. The van der Waals surface area contributed by atoms with Crippen LogP contribution in [0.2, 0.25) is 0 Å². The summed E-state index contributed by atoms with van der Waals surface area (Å²) < 4.78 is 20.0. The lowest BCUT2D eigenvalue weighted by atomic mass is 10.2. The maximum Gasteiger partial charge on any atom is 0.291 e. The number of hydrogen-bond acceptors (Lipinski definition) is 6. The maximum atomic E-state index is 13.1. The van der Waals surface area contributed by atoms with Gasteiger partial charge in [-0.1, -0.05) is 29.5 Å². The number of amides is 1. The lowest BCUT2D eigenvalue weighted by Crippen LogP contribution is -2.22. The summed E-state index contributed by atoms with van der Waals surface area (Å²) in [7, 11) is 0. The summed E-state index contributed by atoms with van der Waals surface area (Å²) in [6.45, 7) is 2.48. The third-order valence-electron chi connectivity index (χ3n) is 4.27. The van der Waals surface area contributed by atoms with Crippen LogP contribution in [-0.4, -0.2) is 37.5 Å². The average Bonchev–Trinajstić information content (AvgIpc) is 3.14. The first kappa shape index (κ1) is 19.2. The molecule has 0 bridgehead atoms. The lowest BCUT2D eigenvalue weighted by molar-refractivity contribution is 0.101. The number of carbonyl (C=O) groups excluding carboxylic acids is 1. The molecule has 0 spiro atoms. The van der Waals surface area contributed by atoms with Crippen LogP contribution < -0.4 is 15.6 Å². The summed E-state index contributed by atoms with van der Waals surface area (Å²) in [5, 5.41) is 10.5. The topological polar surface area (TPSA) is 115 Å². The molecule has 10 heteroatoms. The van der Waals surface area contributed by atoms with E-state index in [1.54, 1.807) is 36.4 Å². The van der Waals surface area contributed by atoms with Gasteiger partial charge < -0.3 is 15.0 Å². The van der Waals surface area contributed by atoms with Gasteiger partial charge in [0.1, 0.15) is 11.6 Å². The number of aromatic nitrogens is 5. The van der Waals surface area contributed by atoms with Crippen molar-refractivity contribution in [3.05, 3.63) is 76.1 Å². The van der Waals surface area contributed by atoms with Crippen LogP contribution in [-0.2, 0) is 6.54 Å². The molecule has 0 aliphatic rings. The number of benzene rings is 2. The van der Waals surface area contributed by atoms with Crippen LogP contribution in [0.25, 0.3) is 11.2 Å². The average molecular weight is 408 g/mol. The fourth-order valence-electron chi connectivity index (χ4n) is 2.88. The highest BCUT2D eigenvalue weighted by Crippen LogP contribution is 2.24. The van der Waals surface area contributed by atoms with E-state index in [1.807, 2.05) is 6.92 Å². The summed E-state index contributed by atoms with van der Waals surface area (Å²) in [6.07, 6.45) is 0. The van der Waals surface area contributed by atoms with Gasteiger partial charge in [0, 0.05) is 0 Å². The molecule has 0 atom stereocenters. The number of anilines is 1. The summed E-state index contributed by atoms with van der Waals surface area (Å²) in [5.41, 5.74) is 0.746. The van der Waals surface area contributed by atoms with Gasteiger partial charge >= 0.3 is 0 Å². The number of carbonyl (C=O) groups is 1. The Morgan fingerprint density at radius 2 is 1.97 bits per heavy atom. The van der Waals surface area contributed by atoms with E-state index in [9.17, 15) is 14.0 Å². The third kappa shape index (κ3) is 3.88. The minimum Gasteiger partial charge on any atom is -0.492 e. The van der Waals surface area contributed by atoms with Gasteiger partial charge in [0.05, 0.1) is 18.8 Å². The fourth-order valence-corrected chi connectivity index (χ4v) is 2.88. The zero-order valence-electron chi connectivity index (χ0n) is 15.9. The van der Waals surface area contributed by atoms with Crippen LogP contribution in [0.15, 0.2) is 53.3 Å². The molecule has 0 aliphatic heterocycles. The van der Waals surface area contributed by atoms with Gasteiger partial charge in [-0.15, -0.1) is 5.10 Å². The predicted molar refractivity (Wildman–Crippen MR) is 107 cm³/mol. The summed E-state index contributed by atoms with van der Waals surface area (Å²) in [6, 6.07) is 12.8. The number of nitrogens with one attached hydrogen (secondary N) is 2. The summed E-state index contributed by atoms with van der Waals surface area (Å²) >= 11 is 0. The SMILES string of the molecule is CCOc1ccccc1NC(=O)c1nc2c(nnn2Cc2ccc(F)cc2)c(=O)[nH]1. The Morgan fingerprint density at radius 1 is 1.20 bits per heavy atom. The van der Waals surface area contributed by atoms with Gasteiger partial charge in [-0.3, -0.25) is 9.59 Å². The molecule has 4 rings (SSSR count). The van der Waals surface area contributed by atoms with Gasteiger partial charge in [0.15, 0.2) is 11.2 Å². The zero-order valence-corrected chi connectivity index (χ0v) is 15.9. The zero-order chi connectivity index (χ0) is 21.1. The smallest absolute Gasteiger partial charge is 0.291 e. The highest BCUT2D eigenvalue weighted by molar-refractivity contribution is 6.03. The van der Waals surface area contributed by atoms with Gasteiger partial charge in [0.2, 0.25) is 5.82 Å². The van der Waals surface area contributed by atoms with E-state index in [-0.39, 0.29) is 29.4 Å². The first-order chi connectivity index (χ1) is 14.5. The number of rotatable bonds is 6. The van der Waals surface area contributed by atoms with Crippen molar-refractivity contribution in [1.29, 1.82) is 0 Å². The molecule has 0 saturated heterocycles. The molecule has 0 radical (unpaired) electrons. The minimum absolute atomic E-state index is 0.00313. The highest BCUT2D eigenvalue weighted by atomic mass is 19.1. The molecule has 1 amide bonds. The first-order valence-electron chi connectivity index (χ1n) is 9.16. The lowest BCUT2D eigenvalue weighted by Gasteiger charge is -2.10. The van der Waals surface area contributed by atoms with Crippen LogP contribution >= 0.6 is 0 Å². The Hall–Kier alpha value is -4.08. The second-order valence-corrected chi connectivity index (χ2v) is 6.34. The van der Waals surface area contributed by atoms with E-state index >= 15 is 0 Å². The van der Waals surface area contributed by atoms with Crippen LogP contribution in [0.3, 0.4) is 0 Å². The van der Waals surface area contributed by atoms with Crippen molar-refractivity contribution in [2.24, 2.45) is 0 Å². The number of hydrogen-bond donors (Lipinski definition) is 2. The molecule has 2 heterocycles. The Bertz CT molecular complexity index is 1270. The van der Waals surface area contributed by atoms with Crippen molar-refractivity contribution >= 4 is 22.8 Å². The monoisotopic (exact) mass is 408 g/mol. The Balaban J connectivity index is 1.66. The largest absolute Gasteiger partial charge is 0.492 e. The Kier molecular flexibility index (Phi) is 5.21. The van der Waals surface area contributed by atoms with E-state index < -0.39 is 11.5 Å². The van der Waals surface area contributed by atoms with E-state index in [1.165, 1.54) is 16.8 Å². The van der Waals surface area contributed by atoms with Crippen LogP contribution in [0.4, 0.5) is 10.1 Å². The number of para-hydroxylation sites is 2. The van der Waals surface area contributed by atoms with Crippen molar-refractivity contribution in [3.8, 4) is 5.75 Å². The molecule has 9 nitrogen and oxygen atoms in total. The molecule has 0 aliphatic carbocycles. The van der Waals surface area contributed by atoms with Crippen LogP contribution in [0, 0.1) is 5.82 Å². The fraction of sp³-hybridized carbons (Fsp3) is 0.150. The molecular formula is C20H17FN6O3. The van der Waals surface area contributed by atoms with Gasteiger partial charge in [0.25, 0.3) is 11.5 Å². The highest BCUT2D eigenvalue weighted by Gasteiger charge is 2.17. The number of fused-ring (bicyclic) bond motifs is 1. The van der Waals surface area contributed by atoms with E-state index in [4.69, 9.17) is 4.74 Å². The third-order valence-corrected chi connectivity index (χ3v) is 4.27. The quantitative estimate of drug-likeness (QED) is 0.506. The number of nitrogens with zero attached hydrogens (tertiary/aromatic N) is 4. The number of ether oxygens (including phenoxy) is 1. The Labute approximate surface area is 169 Å². The molecule has 4 aromatic rings. The standard InChI is InChI=1S/C20H17FN6O3/c1-2-30-15-6-4-3-5-14(15)22-20(29)17-23-18-16(19(28)24-17)25-26-27(18)11-12-7-9-13(21)10-8-12/h3-10H,2,11H2,1H3,(H,22,29)(H,23,24,28). The van der Waals surface area contributed by atoms with E-state index in [2.05, 4.69) is 25.6 Å². The van der Waals surface area contributed by atoms with Crippen molar-refractivity contribution in [2.75, 3.05) is 11.9 Å². The van der Waals surface area contributed by atoms with Gasteiger partial charge in [-0.25, -0.2) is 14.1 Å². The van der Waals surface area contributed by atoms with Crippen LogP contribution in [0.5, 0.6) is 5.75 Å². The van der Waals surface area contributed by atoms with Crippen molar-refractivity contribution in [3.63, 3.8) is 0 Å². The normalized spacial score (nSPS) is 10.9. The molecule has 30 heavy (non-hydrogen) atoms. The minimum atomic E-state index is -0.615. The molecule has 0 saturated carbocycles. The van der Waals surface area contributed by atoms with Crippen molar-refractivity contribution in [2.45, 2.75) is 13.5 Å². The first-order valence-corrected chi connectivity index (χ1v) is 9.16. The molecule has 0 unspecified atom stereocenters. The van der Waals surface area contributed by atoms with Crippen molar-refractivity contribution in [1.82, 2.24) is 25.0 Å². The molecule has 0 fully saturated rings. The van der Waals surface area contributed by atoms with Gasteiger partial charge in [-0.05, 0) is 36.8 Å². The van der Waals surface area contributed by atoms with Crippen molar-refractivity contribution < 1.29 is 13.9 Å². The van der Waals surface area contributed by atoms with E-state index in [0.717, 1.165) is 5.56 Å². The second kappa shape index (κ2) is 8.11. The summed E-state index contributed by atoms with van der Waals surface area (Å²) in [4.78, 5) is 31.7. The molecule has 2 aromatic carbocycles. The van der Waals surface area contributed by atoms with E-state index in [0.29, 0.717) is 18.0 Å². The molecular weight excluding hydrogens is 391 g/mol. The molecule has 2 N–H and O–H groups in total. The number of H-pyrrole nitrogens is 1. The summed E-state index contributed by atoms with van der Waals surface area (Å²) in [5.74, 6) is -0.667. The van der Waals surface area contributed by atoms with Gasteiger partial charge in [-0.2, -0.15) is 0 Å². The molecule has 152 valence electrons. The molecule has 2 aromatic heterocycles. The second-order valence-electron chi connectivity index (χ2n) is 6.34. The number of halogens is 1. The Morgan fingerprint density at radius 3 is 2.73 bits per heavy atom. The van der Waals surface area contributed by atoms with Crippen LogP contribution in [0.1, 0.15) is 23.1 Å². The number of aromatic amines is 1. The maximum absolute atomic E-state index is 13.1.